The third-order valence-electron chi connectivity index (χ3n) is 6.18. The Morgan fingerprint density at radius 2 is 1.76 bits per heavy atom. The number of ether oxygens (including phenoxy) is 1. The van der Waals surface area contributed by atoms with Crippen LogP contribution in [0.3, 0.4) is 0 Å². The fourth-order valence-electron chi connectivity index (χ4n) is 4.18. The van der Waals surface area contributed by atoms with Gasteiger partial charge in [0.1, 0.15) is 5.00 Å². The van der Waals surface area contributed by atoms with E-state index in [1.54, 1.807) is 48.2 Å². The number of anilines is 1. The van der Waals surface area contributed by atoms with E-state index >= 15 is 0 Å². The number of rotatable bonds is 7. The lowest BCUT2D eigenvalue weighted by Crippen LogP contribution is -2.30. The van der Waals surface area contributed by atoms with Gasteiger partial charge in [-0.3, -0.25) is 9.59 Å². The Bertz CT molecular complexity index is 1560. The number of para-hydroxylation sites is 1. The Labute approximate surface area is 234 Å². The van der Waals surface area contributed by atoms with Crippen molar-refractivity contribution in [1.29, 1.82) is 0 Å². The maximum atomic E-state index is 13.7. The number of esters is 1. The highest BCUT2D eigenvalue weighted by Crippen LogP contribution is 2.36. The van der Waals surface area contributed by atoms with Gasteiger partial charge in [0, 0.05) is 29.1 Å². The minimum absolute atomic E-state index is 0.153. The number of fused-ring (bicyclic) bond motifs is 1. The van der Waals surface area contributed by atoms with Crippen LogP contribution >= 0.6 is 34.5 Å². The monoisotopic (exact) mass is 569 g/mol. The average molecular weight is 570 g/mol. The Kier molecular flexibility index (Phi) is 8.35. The van der Waals surface area contributed by atoms with Crippen molar-refractivity contribution in [1.82, 2.24) is 9.88 Å². The number of pyridine rings is 1. The van der Waals surface area contributed by atoms with Crippen LogP contribution in [0.1, 0.15) is 49.8 Å². The van der Waals surface area contributed by atoms with Gasteiger partial charge in [0.2, 0.25) is 0 Å². The molecule has 0 unspecified atom stereocenters. The Hall–Kier alpha value is -3.46. The largest absolute Gasteiger partial charge is 0.465 e. The first kappa shape index (κ1) is 27.6. The first-order valence-electron chi connectivity index (χ1n) is 11.9. The maximum absolute atomic E-state index is 13.7. The normalized spacial score (nSPS) is 10.9. The molecule has 2 aromatic heterocycles. The SMILES string of the molecule is CCN(CC)C(=O)c1sc(NC(=O)c2cc(-c3ccc(Cl)cc3Cl)nc3ccccc23)c(C(=O)OC)c1C. The smallest absolute Gasteiger partial charge is 0.341 e. The number of hydrogen-bond acceptors (Lipinski definition) is 6. The van der Waals surface area contributed by atoms with Gasteiger partial charge in [0.25, 0.3) is 11.8 Å². The lowest BCUT2D eigenvalue weighted by molar-refractivity contribution is 0.0601. The lowest BCUT2D eigenvalue weighted by Gasteiger charge is -2.17. The van der Waals surface area contributed by atoms with Crippen molar-refractivity contribution in [2.24, 2.45) is 0 Å². The molecular formula is C28H25Cl2N3O4S. The van der Waals surface area contributed by atoms with E-state index in [1.807, 2.05) is 26.0 Å². The highest BCUT2D eigenvalue weighted by Gasteiger charge is 2.28. The summed E-state index contributed by atoms with van der Waals surface area (Å²) in [7, 11) is 1.26. The van der Waals surface area contributed by atoms with Gasteiger partial charge >= 0.3 is 5.97 Å². The van der Waals surface area contributed by atoms with Crippen LogP contribution in [-0.4, -0.2) is 47.9 Å². The molecule has 0 atom stereocenters. The molecule has 0 saturated carbocycles. The van der Waals surface area contributed by atoms with Crippen LogP contribution in [0.15, 0.2) is 48.5 Å². The molecule has 0 aliphatic carbocycles. The Morgan fingerprint density at radius 1 is 1.05 bits per heavy atom. The number of halogens is 2. The molecule has 0 aliphatic rings. The summed E-state index contributed by atoms with van der Waals surface area (Å²) >= 11 is 13.6. The fraction of sp³-hybridized carbons (Fsp3) is 0.214. The summed E-state index contributed by atoms with van der Waals surface area (Å²) in [6.07, 6.45) is 0. The number of carbonyl (C=O) groups is 3. The quantitative estimate of drug-likeness (QED) is 0.240. The molecule has 7 nitrogen and oxygen atoms in total. The molecule has 38 heavy (non-hydrogen) atoms. The first-order valence-corrected chi connectivity index (χ1v) is 13.4. The number of methoxy groups -OCH3 is 1. The van der Waals surface area contributed by atoms with Gasteiger partial charge in [-0.2, -0.15) is 0 Å². The summed E-state index contributed by atoms with van der Waals surface area (Å²) in [4.78, 5) is 46.3. The highest BCUT2D eigenvalue weighted by atomic mass is 35.5. The summed E-state index contributed by atoms with van der Waals surface area (Å²) in [6, 6.07) is 13.9. The molecular weight excluding hydrogens is 545 g/mol. The second-order valence-corrected chi connectivity index (χ2v) is 10.2. The number of thiophene rings is 1. The highest BCUT2D eigenvalue weighted by molar-refractivity contribution is 7.18. The molecule has 0 bridgehead atoms. The van der Waals surface area contributed by atoms with Crippen molar-refractivity contribution in [2.45, 2.75) is 20.8 Å². The zero-order valence-electron chi connectivity index (χ0n) is 21.2. The summed E-state index contributed by atoms with van der Waals surface area (Å²) in [6.45, 7) is 6.47. The van der Waals surface area contributed by atoms with Crippen LogP contribution in [-0.2, 0) is 4.74 Å². The number of nitrogens with zero attached hydrogens (tertiary/aromatic N) is 2. The molecule has 10 heteroatoms. The third kappa shape index (κ3) is 5.25. The summed E-state index contributed by atoms with van der Waals surface area (Å²) in [5, 5.41) is 4.59. The molecule has 0 aliphatic heterocycles. The predicted octanol–water partition coefficient (Wildman–Crippen LogP) is 7.10. The molecule has 4 aromatic rings. The number of amides is 2. The van der Waals surface area contributed by atoms with E-state index in [-0.39, 0.29) is 16.5 Å². The average Bonchev–Trinajstić information content (AvgIpc) is 3.23. The molecule has 2 amide bonds. The zero-order valence-corrected chi connectivity index (χ0v) is 23.6. The van der Waals surface area contributed by atoms with E-state index in [1.165, 1.54) is 7.11 Å². The van der Waals surface area contributed by atoms with Gasteiger partial charge in [0.15, 0.2) is 0 Å². The molecule has 2 heterocycles. The second-order valence-electron chi connectivity index (χ2n) is 8.38. The van der Waals surface area contributed by atoms with Crippen LogP contribution in [0.4, 0.5) is 5.00 Å². The molecule has 0 saturated heterocycles. The van der Waals surface area contributed by atoms with Crippen LogP contribution in [0.2, 0.25) is 10.0 Å². The number of benzene rings is 2. The van der Waals surface area contributed by atoms with E-state index in [0.717, 1.165) is 11.3 Å². The fourth-order valence-corrected chi connectivity index (χ4v) is 5.84. The molecule has 196 valence electrons. The number of hydrogen-bond donors (Lipinski definition) is 1. The van der Waals surface area contributed by atoms with Gasteiger partial charge < -0.3 is 15.0 Å². The molecule has 4 rings (SSSR count). The van der Waals surface area contributed by atoms with Gasteiger partial charge in [-0.15, -0.1) is 11.3 Å². The predicted molar refractivity (Wildman–Crippen MR) is 153 cm³/mol. The minimum atomic E-state index is -0.638. The maximum Gasteiger partial charge on any atom is 0.341 e. The topological polar surface area (TPSA) is 88.6 Å². The van der Waals surface area contributed by atoms with Crippen molar-refractivity contribution in [3.05, 3.63) is 80.1 Å². The minimum Gasteiger partial charge on any atom is -0.465 e. The van der Waals surface area contributed by atoms with E-state index in [9.17, 15) is 14.4 Å². The van der Waals surface area contributed by atoms with Crippen molar-refractivity contribution < 1.29 is 19.1 Å². The van der Waals surface area contributed by atoms with Crippen molar-refractivity contribution in [2.75, 3.05) is 25.5 Å². The number of nitrogens with one attached hydrogen (secondary N) is 1. The van der Waals surface area contributed by atoms with Crippen molar-refractivity contribution >= 4 is 68.2 Å². The zero-order chi connectivity index (χ0) is 27.6. The molecule has 0 fully saturated rings. The lowest BCUT2D eigenvalue weighted by atomic mass is 10.0. The standard InChI is InChI=1S/C28H25Cl2N3O4S/c1-5-33(6-2)27(35)24-15(3)23(28(36)37-4)26(38-24)32-25(34)19-14-22(18-12-11-16(29)13-20(18)30)31-21-10-8-7-9-17(19)21/h7-14H,5-6H2,1-4H3,(H,32,34). The second kappa shape index (κ2) is 11.5. The summed E-state index contributed by atoms with van der Waals surface area (Å²) in [5.41, 5.74) is 2.64. The van der Waals surface area contributed by atoms with E-state index < -0.39 is 11.9 Å². The molecule has 0 spiro atoms. The van der Waals surface area contributed by atoms with Gasteiger partial charge in [0.05, 0.1) is 39.3 Å². The molecule has 2 aromatic carbocycles. The van der Waals surface area contributed by atoms with Crippen LogP contribution in [0, 0.1) is 6.92 Å². The number of carbonyl (C=O) groups excluding carboxylic acids is 3. The van der Waals surface area contributed by atoms with Gasteiger partial charge in [-0.1, -0.05) is 41.4 Å². The number of aromatic nitrogens is 1. The third-order valence-corrected chi connectivity index (χ3v) is 7.92. The van der Waals surface area contributed by atoms with Crippen LogP contribution in [0.5, 0.6) is 0 Å². The molecule has 0 radical (unpaired) electrons. The van der Waals surface area contributed by atoms with Crippen LogP contribution < -0.4 is 5.32 Å². The van der Waals surface area contributed by atoms with E-state index in [4.69, 9.17) is 32.9 Å². The summed E-state index contributed by atoms with van der Waals surface area (Å²) in [5.74, 6) is -1.32. The summed E-state index contributed by atoms with van der Waals surface area (Å²) < 4.78 is 4.98. The van der Waals surface area contributed by atoms with Crippen molar-refractivity contribution in [3.8, 4) is 11.3 Å². The Balaban J connectivity index is 1.82. The van der Waals surface area contributed by atoms with Gasteiger partial charge in [-0.25, -0.2) is 9.78 Å². The Morgan fingerprint density at radius 3 is 2.42 bits per heavy atom. The van der Waals surface area contributed by atoms with Crippen molar-refractivity contribution in [3.63, 3.8) is 0 Å². The van der Waals surface area contributed by atoms with Gasteiger partial charge in [-0.05, 0) is 56.7 Å². The molecule has 1 N–H and O–H groups in total. The first-order chi connectivity index (χ1) is 18.2. The van der Waals surface area contributed by atoms with E-state index in [0.29, 0.717) is 61.3 Å². The van der Waals surface area contributed by atoms with Crippen LogP contribution in [0.25, 0.3) is 22.2 Å². The van der Waals surface area contributed by atoms with E-state index in [2.05, 4.69) is 5.32 Å².